The zero-order valence-corrected chi connectivity index (χ0v) is 17.5. The van der Waals surface area contributed by atoms with E-state index in [1.165, 1.54) is 11.8 Å². The van der Waals surface area contributed by atoms with Crippen molar-refractivity contribution in [2.45, 2.75) is 23.9 Å². The Kier molecular flexibility index (Phi) is 5.94. The second-order valence-corrected chi connectivity index (χ2v) is 7.81. The largest absolute Gasteiger partial charge is 0.497 e. The molecule has 0 aliphatic carbocycles. The van der Waals surface area contributed by atoms with E-state index in [0.29, 0.717) is 18.3 Å². The molecule has 0 N–H and O–H groups in total. The number of benzene rings is 2. The zero-order valence-electron chi connectivity index (χ0n) is 16.7. The van der Waals surface area contributed by atoms with Crippen LogP contribution in [0.25, 0.3) is 22.8 Å². The van der Waals surface area contributed by atoms with E-state index in [0.717, 1.165) is 27.9 Å². The highest BCUT2D eigenvalue weighted by Crippen LogP contribution is 2.36. The number of nitrogens with zero attached hydrogens (tertiary/aromatic N) is 5. The van der Waals surface area contributed by atoms with E-state index in [2.05, 4.69) is 27.0 Å². The second kappa shape index (κ2) is 8.96. The normalized spacial score (nSPS) is 11.9. The molecule has 0 aliphatic rings. The van der Waals surface area contributed by atoms with Crippen LogP contribution in [0.3, 0.4) is 0 Å². The van der Waals surface area contributed by atoms with Gasteiger partial charge in [-0.2, -0.15) is 0 Å². The standard InChI is InChI=1S/C22H21N5O2S/c1-4-14-27-19(16-8-6-5-7-9-16)23-26-22(27)30-15(2)20-24-25-21(29-20)17-10-12-18(28-3)13-11-17/h4-13,15H,1,14H2,2-3H3/t15-/m1/s1. The lowest BCUT2D eigenvalue weighted by Crippen LogP contribution is -2.01. The van der Waals surface area contributed by atoms with Gasteiger partial charge in [0.2, 0.25) is 11.8 Å². The van der Waals surface area contributed by atoms with Crippen molar-refractivity contribution in [1.29, 1.82) is 0 Å². The minimum atomic E-state index is -0.0964. The van der Waals surface area contributed by atoms with E-state index in [1.54, 1.807) is 7.11 Å². The molecule has 4 rings (SSSR count). The first kappa shape index (κ1) is 19.9. The number of hydrogen-bond donors (Lipinski definition) is 0. The molecule has 0 unspecified atom stereocenters. The molecule has 0 fully saturated rings. The molecule has 2 aromatic carbocycles. The molecule has 0 amide bonds. The third kappa shape index (κ3) is 4.13. The Labute approximate surface area is 178 Å². The van der Waals surface area contributed by atoms with Gasteiger partial charge in [-0.05, 0) is 31.2 Å². The van der Waals surface area contributed by atoms with Crippen LogP contribution in [0.2, 0.25) is 0 Å². The van der Waals surface area contributed by atoms with Crippen LogP contribution in [0.5, 0.6) is 5.75 Å². The first-order valence-electron chi connectivity index (χ1n) is 9.43. The number of hydrogen-bond acceptors (Lipinski definition) is 7. The SMILES string of the molecule is C=CCn1c(S[C@H](C)c2nnc(-c3ccc(OC)cc3)o2)nnc1-c1ccccc1. The van der Waals surface area contributed by atoms with E-state index in [9.17, 15) is 0 Å². The molecule has 1 atom stereocenters. The Balaban J connectivity index is 1.55. The molecule has 0 saturated carbocycles. The van der Waals surface area contributed by atoms with Crippen LogP contribution in [0.1, 0.15) is 18.1 Å². The molecule has 152 valence electrons. The smallest absolute Gasteiger partial charge is 0.247 e. The lowest BCUT2D eigenvalue weighted by Gasteiger charge is -2.09. The highest BCUT2D eigenvalue weighted by molar-refractivity contribution is 7.99. The topological polar surface area (TPSA) is 78.9 Å². The maximum absolute atomic E-state index is 5.91. The lowest BCUT2D eigenvalue weighted by molar-refractivity contribution is 0.415. The average Bonchev–Trinajstić information content (AvgIpc) is 3.43. The maximum atomic E-state index is 5.91. The summed E-state index contributed by atoms with van der Waals surface area (Å²) < 4.78 is 13.1. The van der Waals surface area contributed by atoms with E-state index in [4.69, 9.17) is 9.15 Å². The number of allylic oxidation sites excluding steroid dienone is 1. The van der Waals surface area contributed by atoms with Gasteiger partial charge in [0, 0.05) is 17.7 Å². The molecule has 0 bridgehead atoms. The van der Waals surface area contributed by atoms with Gasteiger partial charge in [-0.3, -0.25) is 4.57 Å². The Morgan fingerprint density at radius 1 is 1.03 bits per heavy atom. The van der Waals surface area contributed by atoms with Crippen LogP contribution in [0, 0.1) is 0 Å². The van der Waals surface area contributed by atoms with Crippen molar-refractivity contribution >= 4 is 11.8 Å². The number of methoxy groups -OCH3 is 1. The Morgan fingerprint density at radius 3 is 2.50 bits per heavy atom. The number of ether oxygens (including phenoxy) is 1. The number of rotatable bonds is 8. The molecule has 0 aliphatic heterocycles. The predicted molar refractivity (Wildman–Crippen MR) is 116 cm³/mol. The van der Waals surface area contributed by atoms with Gasteiger partial charge in [0.1, 0.15) is 5.75 Å². The second-order valence-electron chi connectivity index (χ2n) is 6.51. The molecular weight excluding hydrogens is 398 g/mol. The summed E-state index contributed by atoms with van der Waals surface area (Å²) in [5.74, 6) is 2.57. The Hall–Kier alpha value is -3.39. The fourth-order valence-electron chi connectivity index (χ4n) is 2.93. The van der Waals surface area contributed by atoms with Crippen molar-refractivity contribution < 1.29 is 9.15 Å². The third-order valence-corrected chi connectivity index (χ3v) is 5.54. The molecule has 2 heterocycles. The van der Waals surface area contributed by atoms with E-state index in [-0.39, 0.29) is 5.25 Å². The first-order chi connectivity index (χ1) is 14.7. The summed E-state index contributed by atoms with van der Waals surface area (Å²) in [6, 6.07) is 17.5. The average molecular weight is 420 g/mol. The van der Waals surface area contributed by atoms with Crippen LogP contribution >= 0.6 is 11.8 Å². The van der Waals surface area contributed by atoms with Gasteiger partial charge in [0.05, 0.1) is 12.4 Å². The van der Waals surface area contributed by atoms with E-state index in [1.807, 2.05) is 72.2 Å². The fraction of sp³-hybridized carbons (Fsp3) is 0.182. The zero-order chi connectivity index (χ0) is 20.9. The molecule has 8 heteroatoms. The lowest BCUT2D eigenvalue weighted by atomic mass is 10.2. The van der Waals surface area contributed by atoms with Gasteiger partial charge in [0.15, 0.2) is 11.0 Å². The molecular formula is C22H21N5O2S. The van der Waals surface area contributed by atoms with E-state index >= 15 is 0 Å². The Bertz CT molecular complexity index is 1120. The predicted octanol–water partition coefficient (Wildman–Crippen LogP) is 5.04. The fourth-order valence-corrected chi connectivity index (χ4v) is 3.82. The summed E-state index contributed by atoms with van der Waals surface area (Å²) in [7, 11) is 1.63. The minimum Gasteiger partial charge on any atom is -0.497 e. The monoisotopic (exact) mass is 419 g/mol. The van der Waals surface area contributed by atoms with E-state index < -0.39 is 0 Å². The summed E-state index contributed by atoms with van der Waals surface area (Å²) >= 11 is 1.52. The molecule has 30 heavy (non-hydrogen) atoms. The quantitative estimate of drug-likeness (QED) is 0.292. The summed E-state index contributed by atoms with van der Waals surface area (Å²) in [6.45, 7) is 6.47. The van der Waals surface area contributed by atoms with Gasteiger partial charge < -0.3 is 9.15 Å². The molecule has 2 aromatic heterocycles. The van der Waals surface area contributed by atoms with Gasteiger partial charge >= 0.3 is 0 Å². The summed E-state index contributed by atoms with van der Waals surface area (Å²) in [5, 5.41) is 17.9. The van der Waals surface area contributed by atoms with Crippen LogP contribution in [0.4, 0.5) is 0 Å². The Morgan fingerprint density at radius 2 is 1.80 bits per heavy atom. The van der Waals surface area contributed by atoms with Crippen LogP contribution in [-0.2, 0) is 6.54 Å². The van der Waals surface area contributed by atoms with Crippen LogP contribution in [-0.4, -0.2) is 32.1 Å². The van der Waals surface area contributed by atoms with Crippen LogP contribution in [0.15, 0.2) is 76.8 Å². The molecule has 4 aromatic rings. The van der Waals surface area contributed by atoms with Gasteiger partial charge in [-0.1, -0.05) is 48.2 Å². The highest BCUT2D eigenvalue weighted by atomic mass is 32.2. The van der Waals surface area contributed by atoms with Crippen LogP contribution < -0.4 is 4.74 Å². The van der Waals surface area contributed by atoms with Crippen molar-refractivity contribution in [3.8, 4) is 28.6 Å². The first-order valence-corrected chi connectivity index (χ1v) is 10.3. The van der Waals surface area contributed by atoms with Crippen molar-refractivity contribution in [3.05, 3.63) is 73.1 Å². The van der Waals surface area contributed by atoms with Gasteiger partial charge in [-0.15, -0.1) is 27.0 Å². The van der Waals surface area contributed by atoms with Crippen molar-refractivity contribution in [1.82, 2.24) is 25.0 Å². The van der Waals surface area contributed by atoms with Gasteiger partial charge in [-0.25, -0.2) is 0 Å². The maximum Gasteiger partial charge on any atom is 0.247 e. The van der Waals surface area contributed by atoms with Crippen molar-refractivity contribution in [2.75, 3.05) is 7.11 Å². The molecule has 7 nitrogen and oxygen atoms in total. The minimum absolute atomic E-state index is 0.0964. The highest BCUT2D eigenvalue weighted by Gasteiger charge is 2.21. The number of thioether (sulfide) groups is 1. The third-order valence-electron chi connectivity index (χ3n) is 4.47. The van der Waals surface area contributed by atoms with Gasteiger partial charge in [0.25, 0.3) is 0 Å². The van der Waals surface area contributed by atoms with Crippen molar-refractivity contribution in [3.63, 3.8) is 0 Å². The molecule has 0 radical (unpaired) electrons. The molecule has 0 spiro atoms. The summed E-state index contributed by atoms with van der Waals surface area (Å²) in [5.41, 5.74) is 1.85. The van der Waals surface area contributed by atoms with Crippen molar-refractivity contribution in [2.24, 2.45) is 0 Å². The number of aromatic nitrogens is 5. The summed E-state index contributed by atoms with van der Waals surface area (Å²) in [4.78, 5) is 0. The molecule has 0 saturated heterocycles. The summed E-state index contributed by atoms with van der Waals surface area (Å²) in [6.07, 6.45) is 1.83.